The molecule has 1 aromatic carbocycles. The third-order valence-corrected chi connectivity index (χ3v) is 4.96. The van der Waals surface area contributed by atoms with Gasteiger partial charge in [-0.3, -0.25) is 4.31 Å². The van der Waals surface area contributed by atoms with Crippen LogP contribution in [0.5, 0.6) is 0 Å². The highest BCUT2D eigenvalue weighted by Gasteiger charge is 2.26. The number of pyridine rings is 1. The Morgan fingerprint density at radius 1 is 1.29 bits per heavy atom. The van der Waals surface area contributed by atoms with Gasteiger partial charge in [0, 0.05) is 12.7 Å². The van der Waals surface area contributed by atoms with Gasteiger partial charge in [-0.05, 0) is 43.7 Å². The highest BCUT2D eigenvalue weighted by Crippen LogP contribution is 2.25. The summed E-state index contributed by atoms with van der Waals surface area (Å²) in [5.74, 6) is 0. The number of rotatable bonds is 4. The molecule has 0 unspecified atom stereocenters. The summed E-state index contributed by atoms with van der Waals surface area (Å²) < 4.78 is 26.9. The second kappa shape index (κ2) is 5.94. The summed E-state index contributed by atoms with van der Waals surface area (Å²) in [7, 11) is -3.82. The number of anilines is 1. The molecule has 1 aromatic heterocycles. The molecule has 0 amide bonds. The van der Waals surface area contributed by atoms with Crippen LogP contribution in [0.25, 0.3) is 0 Å². The van der Waals surface area contributed by atoms with E-state index >= 15 is 0 Å². The van der Waals surface area contributed by atoms with Gasteiger partial charge in [0.1, 0.15) is 11.0 Å². The average molecular weight is 301 g/mol. The molecule has 1 heterocycles. The van der Waals surface area contributed by atoms with Crippen LogP contribution >= 0.6 is 0 Å². The maximum atomic E-state index is 12.8. The first kappa shape index (κ1) is 15.0. The SMILES string of the molecule is CCN(c1cccc(C)c1)S(=O)(=O)c1cccnc1C#N. The summed E-state index contributed by atoms with van der Waals surface area (Å²) in [6.07, 6.45) is 1.40. The third-order valence-electron chi connectivity index (χ3n) is 3.02. The van der Waals surface area contributed by atoms with Gasteiger partial charge in [0.25, 0.3) is 10.0 Å². The molecule has 0 aliphatic heterocycles. The first-order valence-corrected chi connectivity index (χ1v) is 7.89. The van der Waals surface area contributed by atoms with Gasteiger partial charge >= 0.3 is 0 Å². The lowest BCUT2D eigenvalue weighted by molar-refractivity contribution is 0.591. The lowest BCUT2D eigenvalue weighted by Gasteiger charge is -2.23. The standard InChI is InChI=1S/C15H15N3O2S/c1-3-18(13-7-4-6-12(2)10-13)21(19,20)15-8-5-9-17-14(15)11-16/h4-10H,3H2,1-2H3. The van der Waals surface area contributed by atoms with Crippen molar-refractivity contribution in [3.05, 3.63) is 53.9 Å². The second-order valence-corrected chi connectivity index (χ2v) is 6.30. The van der Waals surface area contributed by atoms with Crippen molar-refractivity contribution in [2.24, 2.45) is 0 Å². The number of nitriles is 1. The summed E-state index contributed by atoms with van der Waals surface area (Å²) in [6, 6.07) is 12.0. The van der Waals surface area contributed by atoms with Crippen LogP contribution in [0.2, 0.25) is 0 Å². The molecule has 0 atom stereocenters. The minimum atomic E-state index is -3.82. The molecule has 0 aliphatic rings. The van der Waals surface area contributed by atoms with E-state index in [0.717, 1.165) is 5.56 Å². The van der Waals surface area contributed by atoms with Crippen LogP contribution in [-0.4, -0.2) is 19.9 Å². The van der Waals surface area contributed by atoms with Gasteiger partial charge < -0.3 is 0 Å². The Morgan fingerprint density at radius 2 is 2.05 bits per heavy atom. The van der Waals surface area contributed by atoms with E-state index in [2.05, 4.69) is 4.98 Å². The average Bonchev–Trinajstić information content (AvgIpc) is 2.47. The summed E-state index contributed by atoms with van der Waals surface area (Å²) >= 11 is 0. The van der Waals surface area contributed by atoms with Crippen LogP contribution in [-0.2, 0) is 10.0 Å². The van der Waals surface area contributed by atoms with E-state index in [1.807, 2.05) is 19.1 Å². The highest BCUT2D eigenvalue weighted by atomic mass is 32.2. The zero-order chi connectivity index (χ0) is 15.5. The Morgan fingerprint density at radius 3 is 2.67 bits per heavy atom. The van der Waals surface area contributed by atoms with Crippen molar-refractivity contribution >= 4 is 15.7 Å². The molecule has 0 N–H and O–H groups in total. The molecule has 2 aromatic rings. The van der Waals surface area contributed by atoms with Crippen molar-refractivity contribution in [2.45, 2.75) is 18.7 Å². The molecule has 0 fully saturated rings. The Balaban J connectivity index is 2.58. The Labute approximate surface area is 124 Å². The van der Waals surface area contributed by atoms with Gasteiger partial charge in [-0.1, -0.05) is 12.1 Å². The third kappa shape index (κ3) is 2.88. The van der Waals surface area contributed by atoms with Crippen molar-refractivity contribution in [2.75, 3.05) is 10.8 Å². The van der Waals surface area contributed by atoms with Crippen molar-refractivity contribution in [1.29, 1.82) is 5.26 Å². The summed E-state index contributed by atoms with van der Waals surface area (Å²) in [5.41, 5.74) is 1.45. The van der Waals surface area contributed by atoms with Gasteiger partial charge in [-0.25, -0.2) is 13.4 Å². The summed E-state index contributed by atoms with van der Waals surface area (Å²) in [5, 5.41) is 9.06. The van der Waals surface area contributed by atoms with Crippen LogP contribution in [0.1, 0.15) is 18.2 Å². The molecule has 6 heteroatoms. The van der Waals surface area contributed by atoms with E-state index in [4.69, 9.17) is 5.26 Å². The number of hydrogen-bond donors (Lipinski definition) is 0. The van der Waals surface area contributed by atoms with Crippen LogP contribution in [0, 0.1) is 18.3 Å². The monoisotopic (exact) mass is 301 g/mol. The van der Waals surface area contributed by atoms with Gasteiger partial charge in [-0.2, -0.15) is 5.26 Å². The normalized spacial score (nSPS) is 10.9. The minimum absolute atomic E-state index is 0.0733. The fraction of sp³-hybridized carbons (Fsp3) is 0.200. The van der Waals surface area contributed by atoms with E-state index in [-0.39, 0.29) is 17.1 Å². The zero-order valence-electron chi connectivity index (χ0n) is 11.8. The maximum absolute atomic E-state index is 12.8. The molecule has 21 heavy (non-hydrogen) atoms. The number of sulfonamides is 1. The molecule has 0 saturated carbocycles. The number of benzene rings is 1. The zero-order valence-corrected chi connectivity index (χ0v) is 12.6. The molecule has 0 spiro atoms. The van der Waals surface area contributed by atoms with Gasteiger partial charge in [0.2, 0.25) is 0 Å². The van der Waals surface area contributed by atoms with Crippen LogP contribution in [0.3, 0.4) is 0 Å². The van der Waals surface area contributed by atoms with Crippen LogP contribution in [0.15, 0.2) is 47.5 Å². The molecule has 0 radical (unpaired) electrons. The fourth-order valence-electron chi connectivity index (χ4n) is 2.08. The Bertz CT molecular complexity index is 795. The topological polar surface area (TPSA) is 74.1 Å². The van der Waals surface area contributed by atoms with Gasteiger partial charge in [0.15, 0.2) is 5.69 Å². The number of hydrogen-bond acceptors (Lipinski definition) is 4. The number of aryl methyl sites for hydroxylation is 1. The first-order valence-electron chi connectivity index (χ1n) is 6.45. The van der Waals surface area contributed by atoms with Gasteiger partial charge in [-0.15, -0.1) is 0 Å². The summed E-state index contributed by atoms with van der Waals surface area (Å²) in [6.45, 7) is 3.92. The molecule has 0 aliphatic carbocycles. The largest absolute Gasteiger partial charge is 0.267 e. The Hall–Kier alpha value is -2.39. The molecule has 5 nitrogen and oxygen atoms in total. The molecule has 108 valence electrons. The predicted octanol–water partition coefficient (Wildman–Crippen LogP) is 2.48. The van der Waals surface area contributed by atoms with Crippen molar-refractivity contribution < 1.29 is 8.42 Å². The second-order valence-electron chi connectivity index (χ2n) is 4.47. The lowest BCUT2D eigenvalue weighted by atomic mass is 10.2. The highest BCUT2D eigenvalue weighted by molar-refractivity contribution is 7.92. The van der Waals surface area contributed by atoms with Crippen molar-refractivity contribution in [3.63, 3.8) is 0 Å². The number of aromatic nitrogens is 1. The molecular weight excluding hydrogens is 286 g/mol. The van der Waals surface area contributed by atoms with Gasteiger partial charge in [0.05, 0.1) is 5.69 Å². The fourth-order valence-corrected chi connectivity index (χ4v) is 3.64. The quantitative estimate of drug-likeness (QED) is 0.869. The van der Waals surface area contributed by atoms with E-state index in [0.29, 0.717) is 5.69 Å². The van der Waals surface area contributed by atoms with Crippen molar-refractivity contribution in [3.8, 4) is 6.07 Å². The van der Waals surface area contributed by atoms with E-state index < -0.39 is 10.0 Å². The maximum Gasteiger partial charge on any atom is 0.267 e. The molecular formula is C15H15N3O2S. The first-order chi connectivity index (χ1) is 10.0. The number of nitrogens with zero attached hydrogens (tertiary/aromatic N) is 3. The van der Waals surface area contributed by atoms with E-state index in [1.54, 1.807) is 25.1 Å². The molecule has 0 bridgehead atoms. The summed E-state index contributed by atoms with van der Waals surface area (Å²) in [4.78, 5) is 3.75. The van der Waals surface area contributed by atoms with Crippen molar-refractivity contribution in [1.82, 2.24) is 4.98 Å². The van der Waals surface area contributed by atoms with E-state index in [9.17, 15) is 8.42 Å². The van der Waals surface area contributed by atoms with E-state index in [1.165, 1.54) is 22.6 Å². The smallest absolute Gasteiger partial charge is 0.267 e. The minimum Gasteiger partial charge on any atom is -0.267 e. The molecule has 0 saturated heterocycles. The predicted molar refractivity (Wildman–Crippen MR) is 80.3 cm³/mol. The molecule has 2 rings (SSSR count). The van der Waals surface area contributed by atoms with Crippen LogP contribution < -0.4 is 4.31 Å². The Kier molecular flexibility index (Phi) is 4.24. The van der Waals surface area contributed by atoms with Crippen LogP contribution in [0.4, 0.5) is 5.69 Å². The lowest BCUT2D eigenvalue weighted by Crippen LogP contribution is -2.31.